The van der Waals surface area contributed by atoms with Crippen LogP contribution in [0.5, 0.6) is 0 Å². The molecule has 0 aromatic heterocycles. The molecule has 0 unspecified atom stereocenters. The van der Waals surface area contributed by atoms with E-state index in [0.717, 1.165) is 0 Å². The normalized spacial score (nSPS) is 5.42. The molecule has 24 heteroatoms. The number of hydrogen-bond donors (Lipinski definition) is 0. The van der Waals surface area contributed by atoms with Crippen LogP contribution in [0.15, 0.2) is 0 Å². The van der Waals surface area contributed by atoms with Crippen LogP contribution in [0, 0.1) is 71.2 Å². The van der Waals surface area contributed by atoms with Gasteiger partial charge in [-0.1, -0.05) is 0 Å². The van der Waals surface area contributed by atoms with Gasteiger partial charge in [-0.15, -0.1) is 0 Å². The molecule has 0 aromatic carbocycles. The van der Waals surface area contributed by atoms with Crippen LogP contribution in [-0.4, -0.2) is 157 Å². The Morgan fingerprint density at radius 2 is 0.333 bits per heavy atom. The van der Waals surface area contributed by atoms with Crippen molar-refractivity contribution in [1.82, 2.24) is 0 Å². The monoisotopic (exact) mass is 1530 g/mol. The van der Waals surface area contributed by atoms with E-state index in [0.29, 0.717) is 0 Å². The third kappa shape index (κ3) is 479. The maximum atomic E-state index is 8.61. The van der Waals surface area contributed by atoms with E-state index < -0.39 is 103 Å². The molecule has 0 aromatic rings. The van der Waals surface area contributed by atoms with Crippen molar-refractivity contribution in [3.8, 4) is 0 Å². The van der Waals surface area contributed by atoms with Gasteiger partial charge in [0.1, 0.15) is 0 Å². The predicted molar refractivity (Wildman–Crippen MR) is 43.7 cm³/mol. The number of rotatable bonds is 0. The molecule has 24 heavy (non-hydrogen) atoms. The van der Waals surface area contributed by atoms with E-state index in [1.807, 2.05) is 0 Å². The summed E-state index contributed by atoms with van der Waals surface area (Å²) in [6, 6.07) is 0. The zero-order valence-electron chi connectivity index (χ0n) is 10.8. The minimum absolute atomic E-state index is 0. The Kier molecular flexibility index (Phi) is 125. The first kappa shape index (κ1) is 57.6. The first-order valence-electron chi connectivity index (χ1n) is 3.06. The maximum Gasteiger partial charge on any atom is 2.00 e. The summed E-state index contributed by atoms with van der Waals surface area (Å²) in [7, 11) is 0. The van der Waals surface area contributed by atoms with Gasteiger partial charge < -0.3 is 0 Å². The zero-order valence-corrected chi connectivity index (χ0v) is 40.1. The molecule has 0 saturated carbocycles. The zero-order chi connectivity index (χ0) is 17.9. The fourth-order valence-electron chi connectivity index (χ4n) is 0. The van der Waals surface area contributed by atoms with Gasteiger partial charge in [0.25, 0.3) is 0 Å². The molecule has 0 aliphatic rings. The topological polar surface area (TPSA) is 316 Å². The van der Waals surface area contributed by atoms with Crippen molar-refractivity contribution >= 4 is 157 Å². The van der Waals surface area contributed by atoms with Gasteiger partial charge in [0, 0.05) is 0 Å². The van der Waals surface area contributed by atoms with E-state index in [-0.39, 0.29) is 126 Å². The molecule has 0 aliphatic heterocycles. The van der Waals surface area contributed by atoms with Gasteiger partial charge in [0.05, 0.1) is 0 Å². The molecule has 0 saturated heterocycles. The minimum Gasteiger partial charge on any atom is 2.00 e. The largest absolute Gasteiger partial charge is 2.00 e. The summed E-state index contributed by atoms with van der Waals surface area (Å²) in [5.74, 6) is 0. The van der Waals surface area contributed by atoms with E-state index in [9.17, 15) is 0 Å². The van der Waals surface area contributed by atoms with Crippen LogP contribution in [0.2, 0.25) is 0 Å². The molecule has 0 spiro atoms. The van der Waals surface area contributed by atoms with Gasteiger partial charge in [-0.2, -0.15) is 0 Å². The van der Waals surface area contributed by atoms with Crippen LogP contribution in [-0.2, 0) is 15.4 Å². The molecule has 0 heterocycles. The van der Waals surface area contributed by atoms with Crippen molar-refractivity contribution in [3.05, 3.63) is 0 Å². The van der Waals surface area contributed by atoms with Crippen LogP contribution in [0.3, 0.4) is 0 Å². The third-order valence-corrected chi connectivity index (χ3v) is 0. The van der Waals surface area contributed by atoms with Crippen molar-refractivity contribution in [1.29, 1.82) is 0 Å². The van der Waals surface area contributed by atoms with E-state index in [4.69, 9.17) is 49.8 Å². The second kappa shape index (κ2) is 52.0. The molecule has 0 fully saturated rings. The summed E-state index contributed by atoms with van der Waals surface area (Å²) in [6.45, 7) is 0. The second-order valence-electron chi connectivity index (χ2n) is 1.25. The van der Waals surface area contributed by atoms with Crippen LogP contribution in [0.4, 0.5) is 0 Å². The Morgan fingerprint density at radius 1 is 0.333 bits per heavy atom. The van der Waals surface area contributed by atoms with Gasteiger partial charge in [-0.25, -0.2) is 0 Å². The van der Waals surface area contributed by atoms with Crippen LogP contribution in [0.1, 0.15) is 0 Å². The van der Waals surface area contributed by atoms with E-state index >= 15 is 0 Å². The van der Waals surface area contributed by atoms with Crippen LogP contribution in [0.25, 0.3) is 0 Å². The fraction of sp³-hybridized carbons (Fsp3) is 0. The smallest absolute Gasteiger partial charge is 2.00 e. The molecule has 15 nitrogen and oxygen atoms in total. The molecular weight excluding hydrogens is 1530 g/mol. The molecule has 0 bridgehead atoms. The van der Waals surface area contributed by atoms with Gasteiger partial charge in [-0.05, 0) is 0 Å². The van der Waals surface area contributed by atoms with Crippen LogP contribution >= 0.6 is 0 Å². The van der Waals surface area contributed by atoms with E-state index in [1.54, 1.807) is 0 Å². The Labute approximate surface area is 271 Å². The summed E-state index contributed by atoms with van der Waals surface area (Å²) >= 11 is -21.5. The van der Waals surface area contributed by atoms with Crippen LogP contribution < -0.4 is 34.4 Å². The molecule has 0 amide bonds. The van der Waals surface area contributed by atoms with Crippen molar-refractivity contribution in [3.63, 3.8) is 0 Å². The summed E-state index contributed by atoms with van der Waals surface area (Å²) in [6.07, 6.45) is 0. The molecule has 124 valence electrons. The van der Waals surface area contributed by atoms with Gasteiger partial charge in [0.15, 0.2) is 0 Å². The van der Waals surface area contributed by atoms with Gasteiger partial charge in [0.2, 0.25) is 0 Å². The Balaban J connectivity index is -0.0000000161. The van der Waals surface area contributed by atoms with Crippen molar-refractivity contribution in [2.45, 2.75) is 0 Å². The molecular formula is La2O15Pb2Sn5. The second-order valence-corrected chi connectivity index (χ2v) is 8.39. The fourth-order valence-corrected chi connectivity index (χ4v) is 0. The third-order valence-electron chi connectivity index (χ3n) is 0. The average Bonchev–Trinajstić information content (AvgIpc) is 1.94. The molecule has 0 atom stereocenters. The van der Waals surface area contributed by atoms with Crippen molar-refractivity contribution < 1.29 is 121 Å². The Morgan fingerprint density at radius 3 is 0.333 bits per heavy atom. The summed E-state index contributed by atoms with van der Waals surface area (Å²) in [4.78, 5) is 0. The minimum atomic E-state index is -4.29. The van der Waals surface area contributed by atoms with Crippen molar-refractivity contribution in [2.75, 3.05) is 0 Å². The predicted octanol–water partition coefficient (Wildman–Crippen LogP) is -15.1. The van der Waals surface area contributed by atoms with E-state index in [1.165, 1.54) is 0 Å². The van der Waals surface area contributed by atoms with Gasteiger partial charge in [-0.3, -0.25) is 0 Å². The number of hydrogen-bond acceptors (Lipinski definition) is 15. The molecule has 0 rings (SSSR count). The standard InChI is InChI=1S/2La.15O.2Pb.5Sn/q2*+3;;;;;;10*-1;2*+2;;;;;. The summed E-state index contributed by atoms with van der Waals surface area (Å²) < 4.78 is 129. The van der Waals surface area contributed by atoms with E-state index in [2.05, 4.69) is 0 Å². The average molecular weight is 1530 g/mol. The SMILES string of the molecule is [La+3].[La+3].[O]=[Sn]([O-])[O-].[O]=[Sn]([O-])[O-].[O]=[Sn]([O-])[O-].[O]=[Sn]([O-])[O-].[O]=[Sn]([O-])[O-].[Pb+2].[Pb+2]. The molecule has 0 aliphatic carbocycles. The summed E-state index contributed by atoms with van der Waals surface area (Å²) in [5.41, 5.74) is 0. The first-order valence-corrected chi connectivity index (χ1v) is 20.5. The first-order chi connectivity index (χ1) is 8.66. The van der Waals surface area contributed by atoms with Crippen molar-refractivity contribution in [2.24, 2.45) is 0 Å². The Bertz CT molecular complexity index is 221. The molecule has 4 radical (unpaired) electrons. The maximum absolute atomic E-state index is 8.61. The van der Waals surface area contributed by atoms with Gasteiger partial charge >= 0.3 is 278 Å². The Hall–Kier alpha value is 6.83. The molecule has 0 N–H and O–H groups in total. The quantitative estimate of drug-likeness (QED) is 0.204. The summed E-state index contributed by atoms with van der Waals surface area (Å²) in [5, 5.41) is 0.